The Morgan fingerprint density at radius 3 is 2.46 bits per heavy atom. The minimum atomic E-state index is -4.43. The van der Waals surface area contributed by atoms with Crippen LogP contribution in [0.3, 0.4) is 0 Å². The number of alkyl halides is 3. The summed E-state index contributed by atoms with van der Waals surface area (Å²) < 4.78 is 41.9. The molecule has 0 aliphatic carbocycles. The fourth-order valence-corrected chi connectivity index (χ4v) is 3.95. The number of nitrogens with zero attached hydrogens (tertiary/aromatic N) is 4. The number of piperidine rings is 1. The van der Waals surface area contributed by atoms with Gasteiger partial charge in [0.15, 0.2) is 0 Å². The van der Waals surface area contributed by atoms with Gasteiger partial charge < -0.3 is 9.88 Å². The number of aromatic amines is 1. The van der Waals surface area contributed by atoms with E-state index in [-0.39, 0.29) is 5.69 Å². The largest absolute Gasteiger partial charge is 0.418 e. The summed E-state index contributed by atoms with van der Waals surface area (Å²) in [7, 11) is 0. The first-order valence-corrected chi connectivity index (χ1v) is 9.32. The number of aromatic nitrogens is 4. The number of halogens is 3. The highest BCUT2D eigenvalue weighted by molar-refractivity contribution is 5.52. The smallest absolute Gasteiger partial charge is 0.356 e. The van der Waals surface area contributed by atoms with E-state index < -0.39 is 11.7 Å². The van der Waals surface area contributed by atoms with E-state index in [9.17, 15) is 13.2 Å². The molecular formula is C20H22F3N5. The summed E-state index contributed by atoms with van der Waals surface area (Å²) in [5.74, 6) is 1.06. The minimum Gasteiger partial charge on any atom is -0.356 e. The molecule has 28 heavy (non-hydrogen) atoms. The van der Waals surface area contributed by atoms with Gasteiger partial charge in [-0.2, -0.15) is 18.3 Å². The van der Waals surface area contributed by atoms with Gasteiger partial charge in [-0.1, -0.05) is 12.1 Å². The zero-order valence-corrected chi connectivity index (χ0v) is 15.8. The summed E-state index contributed by atoms with van der Waals surface area (Å²) in [5, 5.41) is 4.37. The van der Waals surface area contributed by atoms with E-state index in [1.807, 2.05) is 13.0 Å². The maximum Gasteiger partial charge on any atom is 0.418 e. The van der Waals surface area contributed by atoms with Crippen molar-refractivity contribution in [2.75, 3.05) is 18.0 Å². The maximum absolute atomic E-state index is 13.5. The van der Waals surface area contributed by atoms with Gasteiger partial charge in [-0.3, -0.25) is 0 Å². The molecule has 0 spiro atoms. The lowest BCUT2D eigenvalue weighted by Gasteiger charge is -2.33. The summed E-state index contributed by atoms with van der Waals surface area (Å²) in [5.41, 5.74) is 2.24. The standard InChI is InChI=1S/C20H22F3N5/c1-13-11-18(27-9-7-15(8-10-27)19-14(2)24-12-25-19)28(26-13)17-6-4-3-5-16(17)20(21,22)23/h3-6,11-12,15H,7-10H2,1-2H3,(H,24,25). The van der Waals surface area contributed by atoms with Crippen LogP contribution in [0.5, 0.6) is 0 Å². The average molecular weight is 389 g/mol. The van der Waals surface area contributed by atoms with Gasteiger partial charge in [0.25, 0.3) is 0 Å². The second kappa shape index (κ2) is 7.00. The zero-order valence-electron chi connectivity index (χ0n) is 15.8. The Bertz CT molecular complexity index is 964. The predicted molar refractivity (Wildman–Crippen MR) is 101 cm³/mol. The van der Waals surface area contributed by atoms with E-state index in [1.54, 1.807) is 19.3 Å². The molecule has 1 aromatic carbocycles. The normalized spacial score (nSPS) is 16.0. The van der Waals surface area contributed by atoms with Crippen molar-refractivity contribution >= 4 is 5.82 Å². The van der Waals surface area contributed by atoms with E-state index >= 15 is 0 Å². The first kappa shape index (κ1) is 18.6. The van der Waals surface area contributed by atoms with Gasteiger partial charge in [0.2, 0.25) is 0 Å². The van der Waals surface area contributed by atoms with Crippen molar-refractivity contribution in [3.05, 3.63) is 59.3 Å². The molecule has 8 heteroatoms. The SMILES string of the molecule is Cc1cc(N2CCC(c3nc[nH]c3C)CC2)n(-c2ccccc2C(F)(F)F)n1. The van der Waals surface area contributed by atoms with Gasteiger partial charge in [0, 0.05) is 30.8 Å². The molecule has 2 aromatic heterocycles. The third-order valence-electron chi connectivity index (χ3n) is 5.32. The molecule has 4 rings (SSSR count). The van der Waals surface area contributed by atoms with Crippen LogP contribution in [-0.2, 0) is 6.18 Å². The van der Waals surface area contributed by atoms with Crippen molar-refractivity contribution in [1.29, 1.82) is 0 Å². The highest BCUT2D eigenvalue weighted by Gasteiger charge is 2.35. The molecule has 1 N–H and O–H groups in total. The van der Waals surface area contributed by atoms with Crippen LogP contribution in [0.25, 0.3) is 5.69 Å². The first-order valence-electron chi connectivity index (χ1n) is 9.32. The number of H-pyrrole nitrogens is 1. The summed E-state index contributed by atoms with van der Waals surface area (Å²) in [6.07, 6.45) is -0.921. The number of hydrogen-bond acceptors (Lipinski definition) is 3. The second-order valence-electron chi connectivity index (χ2n) is 7.24. The number of hydrogen-bond donors (Lipinski definition) is 1. The Hall–Kier alpha value is -2.77. The highest BCUT2D eigenvalue weighted by atomic mass is 19.4. The van der Waals surface area contributed by atoms with Gasteiger partial charge in [0.1, 0.15) is 5.82 Å². The van der Waals surface area contributed by atoms with E-state index in [2.05, 4.69) is 20.0 Å². The van der Waals surface area contributed by atoms with Crippen molar-refractivity contribution in [2.45, 2.75) is 38.8 Å². The van der Waals surface area contributed by atoms with Gasteiger partial charge in [-0.05, 0) is 38.8 Å². The van der Waals surface area contributed by atoms with Crippen molar-refractivity contribution in [2.24, 2.45) is 0 Å². The Morgan fingerprint density at radius 1 is 1.11 bits per heavy atom. The van der Waals surface area contributed by atoms with Crippen molar-refractivity contribution in [1.82, 2.24) is 19.7 Å². The predicted octanol–water partition coefficient (Wildman–Crippen LogP) is 4.62. The fraction of sp³-hybridized carbons (Fsp3) is 0.400. The molecule has 1 aliphatic heterocycles. The maximum atomic E-state index is 13.5. The Kier molecular flexibility index (Phi) is 4.64. The van der Waals surface area contributed by atoms with Gasteiger partial charge in [-0.15, -0.1) is 0 Å². The monoisotopic (exact) mass is 389 g/mol. The minimum absolute atomic E-state index is 0.0587. The number of benzene rings is 1. The number of anilines is 1. The molecule has 148 valence electrons. The second-order valence-corrected chi connectivity index (χ2v) is 7.24. The molecule has 5 nitrogen and oxygen atoms in total. The van der Waals surface area contributed by atoms with Gasteiger partial charge in [-0.25, -0.2) is 9.67 Å². The molecule has 0 atom stereocenters. The Morgan fingerprint density at radius 2 is 1.82 bits per heavy atom. The van der Waals surface area contributed by atoms with Crippen LogP contribution in [0, 0.1) is 13.8 Å². The van der Waals surface area contributed by atoms with Gasteiger partial charge >= 0.3 is 6.18 Å². The van der Waals surface area contributed by atoms with Gasteiger partial charge in [0.05, 0.1) is 29.0 Å². The van der Waals surface area contributed by atoms with E-state index in [0.29, 0.717) is 17.4 Å². The molecule has 0 radical (unpaired) electrons. The number of aryl methyl sites for hydroxylation is 2. The summed E-state index contributed by atoms with van der Waals surface area (Å²) in [6, 6.07) is 7.44. The Balaban J connectivity index is 1.63. The van der Waals surface area contributed by atoms with Crippen LogP contribution in [0.2, 0.25) is 0 Å². The number of imidazole rings is 1. The third kappa shape index (κ3) is 3.39. The highest BCUT2D eigenvalue weighted by Crippen LogP contribution is 2.36. The number of para-hydroxylation sites is 1. The quantitative estimate of drug-likeness (QED) is 0.711. The molecule has 3 aromatic rings. The molecule has 1 saturated heterocycles. The summed E-state index contributed by atoms with van der Waals surface area (Å²) in [4.78, 5) is 9.66. The van der Waals surface area contributed by atoms with Crippen molar-refractivity contribution in [3.63, 3.8) is 0 Å². The fourth-order valence-electron chi connectivity index (χ4n) is 3.95. The van der Waals surface area contributed by atoms with Crippen LogP contribution >= 0.6 is 0 Å². The lowest BCUT2D eigenvalue weighted by Crippen LogP contribution is -2.34. The first-order chi connectivity index (χ1) is 13.3. The third-order valence-corrected chi connectivity index (χ3v) is 5.32. The van der Waals surface area contributed by atoms with Crippen LogP contribution in [-0.4, -0.2) is 32.8 Å². The molecule has 0 amide bonds. The van der Waals surface area contributed by atoms with E-state index in [4.69, 9.17) is 0 Å². The van der Waals surface area contributed by atoms with E-state index in [0.717, 1.165) is 43.4 Å². The van der Waals surface area contributed by atoms with Crippen LogP contribution < -0.4 is 4.90 Å². The summed E-state index contributed by atoms with van der Waals surface area (Å²) >= 11 is 0. The zero-order chi connectivity index (χ0) is 19.9. The van der Waals surface area contributed by atoms with Crippen molar-refractivity contribution < 1.29 is 13.2 Å². The molecule has 1 aliphatic rings. The average Bonchev–Trinajstić information content (AvgIpc) is 3.27. The van der Waals surface area contributed by atoms with Crippen LogP contribution in [0.15, 0.2) is 36.7 Å². The molecular weight excluding hydrogens is 367 g/mol. The molecule has 1 fully saturated rings. The van der Waals surface area contributed by atoms with Crippen molar-refractivity contribution in [3.8, 4) is 5.69 Å². The lowest BCUT2D eigenvalue weighted by atomic mass is 9.92. The lowest BCUT2D eigenvalue weighted by molar-refractivity contribution is -0.137. The molecule has 3 heterocycles. The molecule has 0 bridgehead atoms. The Labute approximate surface area is 161 Å². The van der Waals surface area contributed by atoms with Crippen LogP contribution in [0.4, 0.5) is 19.0 Å². The topological polar surface area (TPSA) is 49.7 Å². The van der Waals surface area contributed by atoms with E-state index in [1.165, 1.54) is 16.8 Å². The molecule has 0 saturated carbocycles. The van der Waals surface area contributed by atoms with Crippen LogP contribution in [0.1, 0.15) is 41.4 Å². The number of nitrogens with one attached hydrogen (secondary N) is 1. The number of rotatable bonds is 3. The molecule has 0 unspecified atom stereocenters. The summed E-state index contributed by atoms with van der Waals surface area (Å²) in [6.45, 7) is 5.31.